The number of carbonyl (C=O) groups is 1. The number of pyridine rings is 1. The Morgan fingerprint density at radius 1 is 0.972 bits per heavy atom. The lowest BCUT2D eigenvalue weighted by Crippen LogP contribution is -2.51. The van der Waals surface area contributed by atoms with Crippen molar-refractivity contribution in [1.82, 2.24) is 24.9 Å². The third-order valence-electron chi connectivity index (χ3n) is 6.90. The SMILES string of the molecule is O=C(N1CCC(O)CC1)N1CC(c2ccc(C(F)(F)F)cc2)CC(c2nc(-c3ccncc3)no2)C1. The van der Waals surface area contributed by atoms with E-state index in [2.05, 4.69) is 15.1 Å². The number of aliphatic hydroxyl groups is 1. The minimum Gasteiger partial charge on any atom is -0.393 e. The summed E-state index contributed by atoms with van der Waals surface area (Å²) < 4.78 is 44.8. The number of aliphatic hydroxyl groups excluding tert-OH is 1. The summed E-state index contributed by atoms with van der Waals surface area (Å²) in [5.74, 6) is 0.298. The Kier molecular flexibility index (Phi) is 6.65. The average molecular weight is 502 g/mol. The number of hydrogen-bond acceptors (Lipinski definition) is 6. The lowest BCUT2D eigenvalue weighted by Gasteiger charge is -2.40. The first-order chi connectivity index (χ1) is 17.3. The van der Waals surface area contributed by atoms with Gasteiger partial charge in [-0.1, -0.05) is 17.3 Å². The van der Waals surface area contributed by atoms with Crippen molar-refractivity contribution >= 4 is 6.03 Å². The molecule has 2 amide bonds. The van der Waals surface area contributed by atoms with Crippen LogP contribution in [0.4, 0.5) is 18.0 Å². The molecule has 0 saturated carbocycles. The lowest BCUT2D eigenvalue weighted by atomic mass is 9.84. The van der Waals surface area contributed by atoms with Gasteiger partial charge in [-0.2, -0.15) is 18.2 Å². The third-order valence-corrected chi connectivity index (χ3v) is 6.90. The largest absolute Gasteiger partial charge is 0.416 e. The van der Waals surface area contributed by atoms with Gasteiger partial charge in [-0.15, -0.1) is 0 Å². The molecule has 1 aromatic carbocycles. The highest BCUT2D eigenvalue weighted by atomic mass is 19.4. The van der Waals surface area contributed by atoms with Gasteiger partial charge >= 0.3 is 12.2 Å². The summed E-state index contributed by atoms with van der Waals surface area (Å²) in [7, 11) is 0. The van der Waals surface area contributed by atoms with Gasteiger partial charge in [0.15, 0.2) is 0 Å². The van der Waals surface area contributed by atoms with E-state index in [1.54, 1.807) is 34.3 Å². The van der Waals surface area contributed by atoms with Crippen LogP contribution in [0.15, 0.2) is 53.3 Å². The van der Waals surface area contributed by atoms with Crippen molar-refractivity contribution in [3.8, 4) is 11.4 Å². The predicted molar refractivity (Wildman–Crippen MR) is 123 cm³/mol. The number of rotatable bonds is 3. The average Bonchev–Trinajstić information content (AvgIpc) is 3.39. The quantitative estimate of drug-likeness (QED) is 0.575. The standard InChI is InChI=1S/C25H26F3N5O3/c26-25(27,28)20-3-1-16(2-4-20)18-13-19(23-30-22(31-36-23)17-5-9-29-10-6-17)15-33(14-18)24(35)32-11-7-21(34)8-12-32/h1-6,9-10,18-19,21,34H,7-8,11-15H2. The fourth-order valence-electron chi connectivity index (χ4n) is 4.90. The van der Waals surface area contributed by atoms with Gasteiger partial charge in [0.2, 0.25) is 11.7 Å². The van der Waals surface area contributed by atoms with E-state index < -0.39 is 17.8 Å². The Labute approximate surface area is 205 Å². The zero-order chi connectivity index (χ0) is 25.3. The molecule has 36 heavy (non-hydrogen) atoms. The number of piperidine rings is 2. The number of carbonyl (C=O) groups excluding carboxylic acids is 1. The van der Waals surface area contributed by atoms with Gasteiger partial charge in [-0.25, -0.2) is 4.79 Å². The molecule has 5 rings (SSSR count). The van der Waals surface area contributed by atoms with Crippen LogP contribution < -0.4 is 0 Å². The first kappa shape index (κ1) is 24.2. The van der Waals surface area contributed by atoms with Crippen molar-refractivity contribution in [2.24, 2.45) is 0 Å². The molecule has 0 bridgehead atoms. The van der Waals surface area contributed by atoms with Gasteiger partial charge in [0.25, 0.3) is 0 Å². The van der Waals surface area contributed by atoms with Crippen molar-refractivity contribution in [3.63, 3.8) is 0 Å². The van der Waals surface area contributed by atoms with Gasteiger partial charge in [0.05, 0.1) is 17.6 Å². The molecular formula is C25H26F3N5O3. The van der Waals surface area contributed by atoms with Crippen LogP contribution in [0.25, 0.3) is 11.4 Å². The van der Waals surface area contributed by atoms with Crippen LogP contribution in [0.1, 0.15) is 48.1 Å². The molecule has 11 heteroatoms. The van der Waals surface area contributed by atoms with E-state index in [0.717, 1.165) is 17.7 Å². The van der Waals surface area contributed by atoms with E-state index in [4.69, 9.17) is 4.52 Å². The topological polar surface area (TPSA) is 95.6 Å². The van der Waals surface area contributed by atoms with Gasteiger partial charge in [0.1, 0.15) is 0 Å². The molecule has 0 radical (unpaired) electrons. The van der Waals surface area contributed by atoms with E-state index >= 15 is 0 Å². The minimum atomic E-state index is -4.42. The number of amides is 2. The highest BCUT2D eigenvalue weighted by molar-refractivity contribution is 5.75. The van der Waals surface area contributed by atoms with E-state index in [0.29, 0.717) is 62.7 Å². The summed E-state index contributed by atoms with van der Waals surface area (Å²) in [6, 6.07) is 8.48. The molecule has 2 unspecified atom stereocenters. The predicted octanol–water partition coefficient (Wildman–Crippen LogP) is 4.30. The molecule has 8 nitrogen and oxygen atoms in total. The van der Waals surface area contributed by atoms with Crippen molar-refractivity contribution in [3.05, 3.63) is 65.8 Å². The Bertz CT molecular complexity index is 1180. The lowest BCUT2D eigenvalue weighted by molar-refractivity contribution is -0.137. The van der Waals surface area contributed by atoms with E-state index in [1.807, 2.05) is 0 Å². The maximum absolute atomic E-state index is 13.4. The molecule has 2 fully saturated rings. The third kappa shape index (κ3) is 5.20. The van der Waals surface area contributed by atoms with Gasteiger partial charge in [-0.3, -0.25) is 4.98 Å². The Morgan fingerprint density at radius 3 is 2.31 bits per heavy atom. The van der Waals surface area contributed by atoms with Gasteiger partial charge in [-0.05, 0) is 49.1 Å². The van der Waals surface area contributed by atoms with Crippen molar-refractivity contribution in [1.29, 1.82) is 0 Å². The molecule has 2 aliphatic rings. The zero-order valence-electron chi connectivity index (χ0n) is 19.4. The summed E-state index contributed by atoms with van der Waals surface area (Å²) in [4.78, 5) is 25.3. The van der Waals surface area contributed by atoms with Crippen molar-refractivity contribution < 1.29 is 27.6 Å². The Balaban J connectivity index is 1.41. The summed E-state index contributed by atoms with van der Waals surface area (Å²) in [5, 5.41) is 13.9. The molecule has 2 atom stereocenters. The summed E-state index contributed by atoms with van der Waals surface area (Å²) >= 11 is 0. The van der Waals surface area contributed by atoms with Gasteiger partial charge < -0.3 is 19.4 Å². The second-order valence-electron chi connectivity index (χ2n) is 9.35. The number of urea groups is 1. The molecule has 2 aromatic heterocycles. The molecular weight excluding hydrogens is 475 g/mol. The highest BCUT2D eigenvalue weighted by Crippen LogP contribution is 2.38. The zero-order valence-corrected chi connectivity index (χ0v) is 19.4. The van der Waals surface area contributed by atoms with Crippen LogP contribution in [-0.4, -0.2) is 68.3 Å². The first-order valence-electron chi connectivity index (χ1n) is 11.9. The van der Waals surface area contributed by atoms with Crippen molar-refractivity contribution in [2.75, 3.05) is 26.2 Å². The summed E-state index contributed by atoms with van der Waals surface area (Å²) in [5.41, 5.74) is 0.751. The molecule has 0 aliphatic carbocycles. The van der Waals surface area contributed by atoms with Crippen LogP contribution in [0.2, 0.25) is 0 Å². The number of nitrogens with zero attached hydrogens (tertiary/aromatic N) is 5. The second-order valence-corrected chi connectivity index (χ2v) is 9.35. The normalized spacial score (nSPS) is 21.6. The van der Waals surface area contributed by atoms with Crippen LogP contribution in [0.5, 0.6) is 0 Å². The number of benzene rings is 1. The summed E-state index contributed by atoms with van der Waals surface area (Å²) in [6.07, 6.45) is 0.0145. The van der Waals surface area contributed by atoms with Crippen LogP contribution in [0.3, 0.4) is 0 Å². The van der Waals surface area contributed by atoms with E-state index in [-0.39, 0.29) is 17.9 Å². The molecule has 1 N–H and O–H groups in total. The summed E-state index contributed by atoms with van der Waals surface area (Å²) in [6.45, 7) is 1.63. The molecule has 4 heterocycles. The number of alkyl halides is 3. The van der Waals surface area contributed by atoms with Gasteiger partial charge in [0, 0.05) is 50.1 Å². The monoisotopic (exact) mass is 501 g/mol. The van der Waals surface area contributed by atoms with E-state index in [9.17, 15) is 23.1 Å². The maximum Gasteiger partial charge on any atom is 0.416 e. The minimum absolute atomic E-state index is 0.155. The fraction of sp³-hybridized carbons (Fsp3) is 0.440. The molecule has 3 aromatic rings. The Morgan fingerprint density at radius 2 is 1.64 bits per heavy atom. The highest BCUT2D eigenvalue weighted by Gasteiger charge is 2.37. The van der Waals surface area contributed by atoms with Crippen LogP contribution in [-0.2, 0) is 6.18 Å². The molecule has 2 saturated heterocycles. The number of hydrogen-bond donors (Lipinski definition) is 1. The number of likely N-dealkylation sites (tertiary alicyclic amines) is 2. The van der Waals surface area contributed by atoms with Crippen molar-refractivity contribution in [2.45, 2.75) is 43.4 Å². The number of halogens is 3. The van der Waals surface area contributed by atoms with E-state index in [1.165, 1.54) is 12.1 Å². The van der Waals surface area contributed by atoms with Crippen LogP contribution in [0, 0.1) is 0 Å². The second kappa shape index (κ2) is 9.88. The van der Waals surface area contributed by atoms with Crippen LogP contribution >= 0.6 is 0 Å². The fourth-order valence-corrected chi connectivity index (χ4v) is 4.90. The maximum atomic E-state index is 13.4. The molecule has 190 valence electrons. The Hall–Kier alpha value is -3.47. The smallest absolute Gasteiger partial charge is 0.393 e. The number of aromatic nitrogens is 3. The first-order valence-corrected chi connectivity index (χ1v) is 11.9. The molecule has 0 spiro atoms. The molecule has 2 aliphatic heterocycles.